The highest BCUT2D eigenvalue weighted by molar-refractivity contribution is 7.61. The predicted molar refractivity (Wildman–Crippen MR) is 78.8 cm³/mol. The van der Waals surface area contributed by atoms with Crippen molar-refractivity contribution in [2.24, 2.45) is 0 Å². The monoisotopic (exact) mass is 294 g/mol. The maximum Gasteiger partial charge on any atom is 0.381 e. The molecule has 108 valence electrons. The summed E-state index contributed by atoms with van der Waals surface area (Å²) in [5.41, 5.74) is 2.42. The molecule has 1 aromatic heterocycles. The molecule has 0 bridgehead atoms. The minimum Gasteiger partial charge on any atom is -0.304 e. The van der Waals surface area contributed by atoms with Crippen LogP contribution in [0.3, 0.4) is 0 Å². The van der Waals surface area contributed by atoms with E-state index >= 15 is 0 Å². The van der Waals surface area contributed by atoms with E-state index in [1.165, 1.54) is 5.56 Å². The molecule has 5 nitrogen and oxygen atoms in total. The Morgan fingerprint density at radius 2 is 1.70 bits per heavy atom. The van der Waals surface area contributed by atoms with Gasteiger partial charge in [0.05, 0.1) is 18.9 Å². The van der Waals surface area contributed by atoms with E-state index < -0.39 is 7.60 Å². The number of aromatic nitrogens is 2. The zero-order valence-corrected chi connectivity index (χ0v) is 12.8. The first kappa shape index (κ1) is 15.0. The topological polar surface area (TPSA) is 53.4 Å². The molecule has 0 aliphatic carbocycles. The van der Waals surface area contributed by atoms with Crippen LogP contribution in [0.25, 0.3) is 5.69 Å². The van der Waals surface area contributed by atoms with E-state index in [1.54, 1.807) is 30.8 Å². The molecule has 0 saturated carbocycles. The van der Waals surface area contributed by atoms with Crippen LogP contribution in [-0.4, -0.2) is 23.0 Å². The molecule has 0 radical (unpaired) electrons. The molecule has 0 N–H and O–H groups in total. The summed E-state index contributed by atoms with van der Waals surface area (Å²) in [5, 5.41) is 4.32. The van der Waals surface area contributed by atoms with Crippen molar-refractivity contribution in [3.8, 4) is 5.69 Å². The molecule has 0 fully saturated rings. The maximum atomic E-state index is 12.6. The molecule has 0 unspecified atom stereocenters. The lowest BCUT2D eigenvalue weighted by atomic mass is 10.2. The van der Waals surface area contributed by atoms with E-state index in [0.29, 0.717) is 18.6 Å². The van der Waals surface area contributed by atoms with E-state index in [-0.39, 0.29) is 0 Å². The third kappa shape index (κ3) is 3.18. The highest BCUT2D eigenvalue weighted by Crippen LogP contribution is 2.46. The second-order valence-corrected chi connectivity index (χ2v) is 6.26. The summed E-state index contributed by atoms with van der Waals surface area (Å²) in [6.45, 7) is 6.21. The molecule has 1 heterocycles. The Balaban J connectivity index is 2.31. The van der Waals surface area contributed by atoms with Gasteiger partial charge in [0.1, 0.15) is 0 Å². The second-order valence-electron chi connectivity index (χ2n) is 4.29. The van der Waals surface area contributed by atoms with Gasteiger partial charge in [0, 0.05) is 6.20 Å². The standard InChI is InChI=1S/C14H19N2O3P/c1-4-18-20(17,19-5-2)14-10-11-16(15-14)13-8-6-12(3)7-9-13/h6-11H,4-5H2,1-3H3. The predicted octanol–water partition coefficient (Wildman–Crippen LogP) is 3.07. The zero-order chi connectivity index (χ0) is 14.6. The molecular formula is C14H19N2O3P. The Labute approximate surface area is 119 Å². The Kier molecular flexibility index (Phi) is 4.76. The van der Waals surface area contributed by atoms with Gasteiger partial charge >= 0.3 is 7.60 Å². The second kappa shape index (κ2) is 6.35. The van der Waals surface area contributed by atoms with Crippen molar-refractivity contribution in [1.29, 1.82) is 0 Å². The number of nitrogens with zero attached hydrogens (tertiary/aromatic N) is 2. The van der Waals surface area contributed by atoms with Gasteiger partial charge < -0.3 is 9.05 Å². The van der Waals surface area contributed by atoms with Crippen molar-refractivity contribution in [2.75, 3.05) is 13.2 Å². The van der Waals surface area contributed by atoms with Crippen molar-refractivity contribution in [3.63, 3.8) is 0 Å². The van der Waals surface area contributed by atoms with Crippen molar-refractivity contribution in [2.45, 2.75) is 20.8 Å². The average molecular weight is 294 g/mol. The largest absolute Gasteiger partial charge is 0.381 e. The molecule has 2 aromatic rings. The Morgan fingerprint density at radius 3 is 2.25 bits per heavy atom. The Hall–Kier alpha value is -1.42. The lowest BCUT2D eigenvalue weighted by molar-refractivity contribution is 0.229. The van der Waals surface area contributed by atoms with Gasteiger partial charge in [0.15, 0.2) is 5.44 Å². The first-order chi connectivity index (χ1) is 9.59. The summed E-state index contributed by atoms with van der Waals surface area (Å²) >= 11 is 0. The van der Waals surface area contributed by atoms with Gasteiger partial charge in [-0.15, -0.1) is 0 Å². The third-order valence-electron chi connectivity index (χ3n) is 2.75. The summed E-state index contributed by atoms with van der Waals surface area (Å²) < 4.78 is 24.8. The number of hydrogen-bond donors (Lipinski definition) is 0. The van der Waals surface area contributed by atoms with Gasteiger partial charge in [-0.2, -0.15) is 5.10 Å². The van der Waals surface area contributed by atoms with Crippen LogP contribution >= 0.6 is 7.60 Å². The molecule has 0 aliphatic heterocycles. The molecule has 2 rings (SSSR count). The fourth-order valence-electron chi connectivity index (χ4n) is 1.81. The van der Waals surface area contributed by atoms with E-state index in [4.69, 9.17) is 9.05 Å². The fraction of sp³-hybridized carbons (Fsp3) is 0.357. The highest BCUT2D eigenvalue weighted by Gasteiger charge is 2.29. The lowest BCUT2D eigenvalue weighted by Crippen LogP contribution is -2.13. The lowest BCUT2D eigenvalue weighted by Gasteiger charge is -2.14. The molecular weight excluding hydrogens is 275 g/mol. The van der Waals surface area contributed by atoms with E-state index in [2.05, 4.69) is 5.10 Å². The smallest absolute Gasteiger partial charge is 0.304 e. The van der Waals surface area contributed by atoms with Gasteiger partial charge in [-0.25, -0.2) is 4.68 Å². The third-order valence-corrected chi connectivity index (χ3v) is 4.75. The summed E-state index contributed by atoms with van der Waals surface area (Å²) in [5.74, 6) is 0. The summed E-state index contributed by atoms with van der Waals surface area (Å²) in [6, 6.07) is 9.59. The van der Waals surface area contributed by atoms with E-state index in [0.717, 1.165) is 5.69 Å². The molecule has 6 heteroatoms. The van der Waals surface area contributed by atoms with Crippen LogP contribution in [0.4, 0.5) is 0 Å². The van der Waals surface area contributed by atoms with Crippen LogP contribution in [0.2, 0.25) is 0 Å². The molecule has 20 heavy (non-hydrogen) atoms. The highest BCUT2D eigenvalue weighted by atomic mass is 31.2. The van der Waals surface area contributed by atoms with Crippen molar-refractivity contribution in [3.05, 3.63) is 42.1 Å². The fourth-order valence-corrected chi connectivity index (χ4v) is 3.29. The van der Waals surface area contributed by atoms with Crippen molar-refractivity contribution < 1.29 is 13.6 Å². The van der Waals surface area contributed by atoms with Crippen LogP contribution in [0, 0.1) is 6.92 Å². The van der Waals surface area contributed by atoms with Gasteiger partial charge in [-0.05, 0) is 39.0 Å². The van der Waals surface area contributed by atoms with Crippen molar-refractivity contribution >= 4 is 13.0 Å². The van der Waals surface area contributed by atoms with Crippen LogP contribution in [0.5, 0.6) is 0 Å². The van der Waals surface area contributed by atoms with Crippen LogP contribution in [0.1, 0.15) is 19.4 Å². The normalized spacial score (nSPS) is 11.8. The van der Waals surface area contributed by atoms with Gasteiger partial charge in [-0.1, -0.05) is 17.7 Å². The minimum absolute atomic E-state index is 0.314. The number of hydrogen-bond acceptors (Lipinski definition) is 4. The van der Waals surface area contributed by atoms with Crippen LogP contribution in [0.15, 0.2) is 36.5 Å². The molecule has 1 aromatic carbocycles. The zero-order valence-electron chi connectivity index (χ0n) is 11.9. The first-order valence-corrected chi connectivity index (χ1v) is 8.15. The first-order valence-electron chi connectivity index (χ1n) is 6.61. The van der Waals surface area contributed by atoms with E-state index in [1.807, 2.05) is 31.2 Å². The molecule has 0 saturated heterocycles. The summed E-state index contributed by atoms with van der Waals surface area (Å²) in [4.78, 5) is 0. The van der Waals surface area contributed by atoms with Gasteiger partial charge in [-0.3, -0.25) is 4.57 Å². The van der Waals surface area contributed by atoms with Gasteiger partial charge in [0.2, 0.25) is 0 Å². The summed E-state index contributed by atoms with van der Waals surface area (Å²) in [7, 11) is -3.31. The minimum atomic E-state index is -3.31. The SMILES string of the molecule is CCOP(=O)(OCC)c1ccn(-c2ccc(C)cc2)n1. The Morgan fingerprint density at radius 1 is 1.10 bits per heavy atom. The maximum absolute atomic E-state index is 12.6. The summed E-state index contributed by atoms with van der Waals surface area (Å²) in [6.07, 6.45) is 1.75. The molecule has 0 aliphatic rings. The van der Waals surface area contributed by atoms with Crippen molar-refractivity contribution in [1.82, 2.24) is 9.78 Å². The van der Waals surface area contributed by atoms with Gasteiger partial charge in [0.25, 0.3) is 0 Å². The Bertz CT molecular complexity index is 597. The molecule has 0 atom stereocenters. The van der Waals surface area contributed by atoms with E-state index in [9.17, 15) is 4.57 Å². The quantitative estimate of drug-likeness (QED) is 0.768. The number of benzene rings is 1. The molecule has 0 amide bonds. The molecule has 0 spiro atoms. The van der Waals surface area contributed by atoms with Crippen LogP contribution in [-0.2, 0) is 13.6 Å². The number of rotatable bonds is 6. The van der Waals surface area contributed by atoms with Crippen LogP contribution < -0.4 is 5.44 Å². The number of aryl methyl sites for hydroxylation is 1. The average Bonchev–Trinajstić information content (AvgIpc) is 2.90.